The van der Waals surface area contributed by atoms with Gasteiger partial charge in [0.25, 0.3) is 10.0 Å². The fraction of sp³-hybridized carbons (Fsp3) is 0.526. The third kappa shape index (κ3) is 3.35. The van der Waals surface area contributed by atoms with E-state index >= 15 is 0 Å². The molecule has 27 heavy (non-hydrogen) atoms. The Morgan fingerprint density at radius 2 is 1.78 bits per heavy atom. The Morgan fingerprint density at radius 1 is 1.00 bits per heavy atom. The summed E-state index contributed by atoms with van der Waals surface area (Å²) in [6, 6.07) is 4.66. The van der Waals surface area contributed by atoms with E-state index in [0.29, 0.717) is 31.6 Å². The Kier molecular flexibility index (Phi) is 4.92. The molecule has 1 unspecified atom stereocenters. The second kappa shape index (κ2) is 7.22. The summed E-state index contributed by atoms with van der Waals surface area (Å²) in [5.41, 5.74) is 0.260. The van der Waals surface area contributed by atoms with Gasteiger partial charge in [-0.05, 0) is 43.9 Å². The molecule has 1 aliphatic carbocycles. The topological polar surface area (TPSA) is 55.2 Å². The maximum absolute atomic E-state index is 14.3. The molecule has 2 aromatic rings. The van der Waals surface area contributed by atoms with Gasteiger partial charge in [-0.1, -0.05) is 19.3 Å². The predicted molar refractivity (Wildman–Crippen MR) is 99.1 cm³/mol. The molecule has 4 rings (SSSR count). The van der Waals surface area contributed by atoms with Crippen LogP contribution in [0, 0.1) is 11.6 Å². The summed E-state index contributed by atoms with van der Waals surface area (Å²) in [5.74, 6) is -0.539. The van der Waals surface area contributed by atoms with Gasteiger partial charge in [-0.2, -0.15) is 5.10 Å². The first kappa shape index (κ1) is 18.4. The van der Waals surface area contributed by atoms with Gasteiger partial charge in [0.2, 0.25) is 0 Å². The van der Waals surface area contributed by atoms with Crippen LogP contribution in [0.5, 0.6) is 0 Å². The van der Waals surface area contributed by atoms with Gasteiger partial charge in [-0.3, -0.25) is 0 Å². The molecule has 0 N–H and O–H groups in total. The van der Waals surface area contributed by atoms with Gasteiger partial charge in [0.1, 0.15) is 17.5 Å². The normalized spacial score (nSPS) is 21.7. The lowest BCUT2D eigenvalue weighted by Gasteiger charge is -2.29. The zero-order valence-corrected chi connectivity index (χ0v) is 15.8. The van der Waals surface area contributed by atoms with Crippen molar-refractivity contribution < 1.29 is 17.2 Å². The Bertz CT molecular complexity index is 923. The van der Waals surface area contributed by atoms with Crippen LogP contribution in [0.15, 0.2) is 30.5 Å². The standard InChI is InChI=1S/C19H23F2N3O2S/c20-14-8-9-17(21)16(13-14)18-7-4-12-23(18)19-10-11-22-24(19)27(25,26)15-5-2-1-3-6-15/h8-11,13,15,18H,1-7,12H2. The van der Waals surface area contributed by atoms with Gasteiger partial charge < -0.3 is 4.90 Å². The number of benzene rings is 1. The van der Waals surface area contributed by atoms with Crippen molar-refractivity contribution in [2.24, 2.45) is 0 Å². The molecule has 5 nitrogen and oxygen atoms in total. The molecule has 1 atom stereocenters. The van der Waals surface area contributed by atoms with E-state index in [2.05, 4.69) is 5.10 Å². The molecule has 2 heterocycles. The van der Waals surface area contributed by atoms with Crippen LogP contribution in [0.4, 0.5) is 14.6 Å². The van der Waals surface area contributed by atoms with E-state index < -0.39 is 32.9 Å². The quantitative estimate of drug-likeness (QED) is 0.785. The molecule has 0 amide bonds. The smallest absolute Gasteiger partial charge is 0.258 e. The summed E-state index contributed by atoms with van der Waals surface area (Å²) in [4.78, 5) is 1.84. The second-order valence-electron chi connectivity index (χ2n) is 7.35. The molecule has 0 radical (unpaired) electrons. The number of rotatable bonds is 4. The molecule has 1 aromatic heterocycles. The molecule has 0 spiro atoms. The zero-order chi connectivity index (χ0) is 19.0. The van der Waals surface area contributed by atoms with Gasteiger partial charge in [-0.15, -0.1) is 4.09 Å². The van der Waals surface area contributed by atoms with Crippen LogP contribution >= 0.6 is 0 Å². The molecule has 1 aliphatic heterocycles. The maximum atomic E-state index is 14.3. The number of aromatic nitrogens is 2. The molecule has 2 fully saturated rings. The molecular weight excluding hydrogens is 372 g/mol. The minimum Gasteiger partial charge on any atom is -0.349 e. The predicted octanol–water partition coefficient (Wildman–Crippen LogP) is 4.01. The van der Waals surface area contributed by atoms with Crippen molar-refractivity contribution in [1.82, 2.24) is 9.19 Å². The average molecular weight is 395 g/mol. The van der Waals surface area contributed by atoms with Crippen molar-refractivity contribution in [1.29, 1.82) is 0 Å². The van der Waals surface area contributed by atoms with Crippen LogP contribution in [-0.2, 0) is 10.0 Å². The molecule has 1 saturated heterocycles. The summed E-state index contributed by atoms with van der Waals surface area (Å²) in [6.45, 7) is 0.576. The molecular formula is C19H23F2N3O2S. The number of anilines is 1. The minimum absolute atomic E-state index is 0.260. The minimum atomic E-state index is -3.61. The van der Waals surface area contributed by atoms with Gasteiger partial charge in [0.15, 0.2) is 0 Å². The monoisotopic (exact) mass is 395 g/mol. The maximum Gasteiger partial charge on any atom is 0.258 e. The SMILES string of the molecule is O=S(=O)(C1CCCCC1)n1nccc1N1CCCC1c1cc(F)ccc1F. The summed E-state index contributed by atoms with van der Waals surface area (Å²) >= 11 is 0. The van der Waals surface area contributed by atoms with Gasteiger partial charge in [-0.25, -0.2) is 17.2 Å². The molecule has 8 heteroatoms. The van der Waals surface area contributed by atoms with E-state index in [1.165, 1.54) is 12.3 Å². The highest BCUT2D eigenvalue weighted by Gasteiger charge is 2.36. The Labute approximate surface area is 158 Å². The highest BCUT2D eigenvalue weighted by atomic mass is 32.2. The van der Waals surface area contributed by atoms with E-state index in [9.17, 15) is 17.2 Å². The van der Waals surface area contributed by atoms with E-state index in [4.69, 9.17) is 0 Å². The van der Waals surface area contributed by atoms with Crippen molar-refractivity contribution in [3.8, 4) is 0 Å². The number of nitrogens with zero attached hydrogens (tertiary/aromatic N) is 3. The fourth-order valence-electron chi connectivity index (χ4n) is 4.32. The van der Waals surface area contributed by atoms with E-state index in [0.717, 1.165) is 41.9 Å². The largest absolute Gasteiger partial charge is 0.349 e. The molecule has 1 saturated carbocycles. The zero-order valence-electron chi connectivity index (χ0n) is 15.0. The van der Waals surface area contributed by atoms with Crippen molar-refractivity contribution in [2.45, 2.75) is 56.2 Å². The van der Waals surface area contributed by atoms with E-state index in [-0.39, 0.29) is 5.56 Å². The van der Waals surface area contributed by atoms with Crippen molar-refractivity contribution in [3.05, 3.63) is 47.7 Å². The fourth-order valence-corrected chi connectivity index (χ4v) is 6.15. The first-order valence-corrected chi connectivity index (χ1v) is 11.0. The molecule has 0 bridgehead atoms. The van der Waals surface area contributed by atoms with E-state index in [1.807, 2.05) is 4.90 Å². The van der Waals surface area contributed by atoms with Crippen LogP contribution in [-0.4, -0.2) is 29.4 Å². The Balaban J connectivity index is 1.70. The lowest BCUT2D eigenvalue weighted by Crippen LogP contribution is -2.34. The average Bonchev–Trinajstić information content (AvgIpc) is 3.33. The summed E-state index contributed by atoms with van der Waals surface area (Å²) in [5, 5.41) is 3.66. The van der Waals surface area contributed by atoms with Crippen LogP contribution in [0.1, 0.15) is 56.6 Å². The number of halogens is 2. The van der Waals surface area contributed by atoms with Crippen LogP contribution in [0.25, 0.3) is 0 Å². The van der Waals surface area contributed by atoms with E-state index in [1.54, 1.807) is 6.07 Å². The van der Waals surface area contributed by atoms with Gasteiger partial charge >= 0.3 is 0 Å². The Morgan fingerprint density at radius 3 is 2.56 bits per heavy atom. The molecule has 1 aromatic carbocycles. The summed E-state index contributed by atoms with van der Waals surface area (Å²) in [7, 11) is -3.61. The second-order valence-corrected chi connectivity index (χ2v) is 9.40. The van der Waals surface area contributed by atoms with Crippen molar-refractivity contribution in [2.75, 3.05) is 11.4 Å². The van der Waals surface area contributed by atoms with Crippen LogP contribution in [0.3, 0.4) is 0 Å². The highest BCUT2D eigenvalue weighted by molar-refractivity contribution is 7.90. The summed E-state index contributed by atoms with van der Waals surface area (Å²) in [6.07, 6.45) is 7.03. The third-order valence-electron chi connectivity index (χ3n) is 5.67. The van der Waals surface area contributed by atoms with Crippen molar-refractivity contribution in [3.63, 3.8) is 0 Å². The highest BCUT2D eigenvalue weighted by Crippen LogP contribution is 2.38. The van der Waals surface area contributed by atoms with Crippen LogP contribution < -0.4 is 4.90 Å². The van der Waals surface area contributed by atoms with Gasteiger partial charge in [0.05, 0.1) is 17.5 Å². The number of hydrogen-bond acceptors (Lipinski definition) is 4. The van der Waals surface area contributed by atoms with Crippen LogP contribution in [0.2, 0.25) is 0 Å². The first-order chi connectivity index (χ1) is 13.0. The number of hydrogen-bond donors (Lipinski definition) is 0. The Hall–Kier alpha value is -1.96. The van der Waals surface area contributed by atoms with Gasteiger partial charge in [0, 0.05) is 18.2 Å². The first-order valence-electron chi connectivity index (χ1n) is 9.48. The third-order valence-corrected chi connectivity index (χ3v) is 7.75. The van der Waals surface area contributed by atoms with Crippen molar-refractivity contribution >= 4 is 15.8 Å². The summed E-state index contributed by atoms with van der Waals surface area (Å²) < 4.78 is 55.4. The lowest BCUT2D eigenvalue weighted by molar-refractivity contribution is 0.476. The lowest BCUT2D eigenvalue weighted by atomic mass is 10.0. The molecule has 2 aliphatic rings. The molecule has 146 valence electrons.